The van der Waals surface area contributed by atoms with Crippen molar-refractivity contribution < 1.29 is 4.39 Å². The maximum atomic E-state index is 13.6. The monoisotopic (exact) mass is 262 g/mol. The summed E-state index contributed by atoms with van der Waals surface area (Å²) < 4.78 is 16.0. The minimum atomic E-state index is -0.742. The molecular weight excluding hydrogens is 247 g/mol. The van der Waals surface area contributed by atoms with E-state index in [1.165, 1.54) is 35.2 Å². The second-order valence-electron chi connectivity index (χ2n) is 4.78. The van der Waals surface area contributed by atoms with Crippen molar-refractivity contribution in [2.24, 2.45) is 5.92 Å². The van der Waals surface area contributed by atoms with E-state index in [9.17, 15) is 14.0 Å². The lowest BCUT2D eigenvalue weighted by Crippen LogP contribution is -2.40. The van der Waals surface area contributed by atoms with E-state index in [0.717, 1.165) is 4.57 Å². The fraction of sp³-hybridized carbons (Fsp3) is 0.286. The van der Waals surface area contributed by atoms with Crippen molar-refractivity contribution in [3.63, 3.8) is 0 Å². The Hall–Kier alpha value is -2.17. The predicted octanol–water partition coefficient (Wildman–Crippen LogP) is 1.79. The number of benzene rings is 1. The molecule has 0 N–H and O–H groups in total. The summed E-state index contributed by atoms with van der Waals surface area (Å²) in [5.74, 6) is -0.285. The Morgan fingerprint density at radius 3 is 2.42 bits per heavy atom. The van der Waals surface area contributed by atoms with E-state index < -0.39 is 16.9 Å². The second kappa shape index (κ2) is 5.22. The third-order valence-electron chi connectivity index (χ3n) is 2.73. The van der Waals surface area contributed by atoms with Crippen LogP contribution in [0.4, 0.5) is 4.39 Å². The lowest BCUT2D eigenvalue weighted by Gasteiger charge is -2.11. The van der Waals surface area contributed by atoms with Crippen molar-refractivity contribution in [2.45, 2.75) is 20.4 Å². The normalized spacial score (nSPS) is 10.9. The van der Waals surface area contributed by atoms with E-state index in [4.69, 9.17) is 0 Å². The maximum Gasteiger partial charge on any atom is 0.321 e. The van der Waals surface area contributed by atoms with Crippen molar-refractivity contribution in [2.75, 3.05) is 0 Å². The first-order chi connectivity index (χ1) is 9.00. The fourth-order valence-corrected chi connectivity index (χ4v) is 1.88. The quantitative estimate of drug-likeness (QED) is 0.792. The highest BCUT2D eigenvalue weighted by atomic mass is 19.1. The molecular formula is C14H15FN2O2. The lowest BCUT2D eigenvalue weighted by molar-refractivity contribution is 0.503. The first kappa shape index (κ1) is 13.3. The first-order valence-corrected chi connectivity index (χ1v) is 6.07. The summed E-state index contributed by atoms with van der Waals surface area (Å²) in [6.45, 7) is 4.37. The molecule has 1 aromatic heterocycles. The molecule has 4 nitrogen and oxygen atoms in total. The van der Waals surface area contributed by atoms with E-state index >= 15 is 0 Å². The summed E-state index contributed by atoms with van der Waals surface area (Å²) in [7, 11) is 0. The number of aromatic nitrogens is 2. The van der Waals surface area contributed by atoms with Gasteiger partial charge in [0.1, 0.15) is 5.82 Å². The molecule has 0 radical (unpaired) electrons. The van der Waals surface area contributed by atoms with E-state index in [-0.39, 0.29) is 11.6 Å². The summed E-state index contributed by atoms with van der Waals surface area (Å²) in [4.78, 5) is 23.9. The molecule has 5 heteroatoms. The van der Waals surface area contributed by atoms with Crippen molar-refractivity contribution in [3.8, 4) is 5.69 Å². The fourth-order valence-electron chi connectivity index (χ4n) is 1.88. The molecule has 0 spiro atoms. The van der Waals surface area contributed by atoms with Gasteiger partial charge in [-0.15, -0.1) is 0 Å². The average molecular weight is 262 g/mol. The third-order valence-corrected chi connectivity index (χ3v) is 2.73. The zero-order valence-corrected chi connectivity index (χ0v) is 10.8. The predicted molar refractivity (Wildman–Crippen MR) is 71.1 cm³/mol. The van der Waals surface area contributed by atoms with Crippen LogP contribution in [0.15, 0.2) is 46.2 Å². The number of para-hydroxylation sites is 1. The molecule has 19 heavy (non-hydrogen) atoms. The molecule has 0 amide bonds. The van der Waals surface area contributed by atoms with Gasteiger partial charge in [-0.05, 0) is 18.1 Å². The molecule has 0 bridgehead atoms. The third kappa shape index (κ3) is 2.65. The van der Waals surface area contributed by atoms with E-state index in [0.29, 0.717) is 6.54 Å². The van der Waals surface area contributed by atoms with Crippen molar-refractivity contribution in [1.29, 1.82) is 0 Å². The topological polar surface area (TPSA) is 44.0 Å². The summed E-state index contributed by atoms with van der Waals surface area (Å²) in [6.07, 6.45) is 2.93. The van der Waals surface area contributed by atoms with Crippen LogP contribution >= 0.6 is 0 Å². The summed E-state index contributed by atoms with van der Waals surface area (Å²) in [5, 5.41) is 0. The van der Waals surface area contributed by atoms with Gasteiger partial charge < -0.3 is 4.57 Å². The molecule has 0 atom stereocenters. The largest absolute Gasteiger partial charge is 0.321 e. The maximum absolute atomic E-state index is 13.6. The van der Waals surface area contributed by atoms with Crippen molar-refractivity contribution in [3.05, 3.63) is 63.2 Å². The van der Waals surface area contributed by atoms with E-state index in [1.54, 1.807) is 6.07 Å². The van der Waals surface area contributed by atoms with Crippen LogP contribution in [0.2, 0.25) is 0 Å². The van der Waals surface area contributed by atoms with Crippen LogP contribution in [-0.4, -0.2) is 9.13 Å². The number of hydrogen-bond donors (Lipinski definition) is 0. The average Bonchev–Trinajstić information content (AvgIpc) is 2.36. The van der Waals surface area contributed by atoms with Crippen LogP contribution in [0.3, 0.4) is 0 Å². The molecule has 0 aliphatic rings. The van der Waals surface area contributed by atoms with Gasteiger partial charge >= 0.3 is 11.1 Å². The van der Waals surface area contributed by atoms with Gasteiger partial charge in [-0.1, -0.05) is 26.0 Å². The number of rotatable bonds is 3. The van der Waals surface area contributed by atoms with Gasteiger partial charge in [-0.2, -0.15) is 0 Å². The first-order valence-electron chi connectivity index (χ1n) is 6.07. The highest BCUT2D eigenvalue weighted by Gasteiger charge is 2.10. The molecule has 0 saturated carbocycles. The molecule has 0 aliphatic carbocycles. The van der Waals surface area contributed by atoms with E-state index in [2.05, 4.69) is 0 Å². The van der Waals surface area contributed by atoms with Crippen LogP contribution in [0.1, 0.15) is 13.8 Å². The molecule has 2 aromatic rings. The Morgan fingerprint density at radius 2 is 1.79 bits per heavy atom. The van der Waals surface area contributed by atoms with E-state index in [1.807, 2.05) is 13.8 Å². The van der Waals surface area contributed by atoms with Gasteiger partial charge in [0.15, 0.2) is 0 Å². The minimum absolute atomic E-state index is 0.0845. The highest BCUT2D eigenvalue weighted by molar-refractivity contribution is 5.33. The zero-order chi connectivity index (χ0) is 14.0. The van der Waals surface area contributed by atoms with Crippen LogP contribution in [0, 0.1) is 11.7 Å². The second-order valence-corrected chi connectivity index (χ2v) is 4.78. The summed E-state index contributed by atoms with van der Waals surface area (Å²) in [5.41, 5.74) is -1.30. The Morgan fingerprint density at radius 1 is 1.11 bits per heavy atom. The van der Waals surface area contributed by atoms with Crippen LogP contribution in [0.5, 0.6) is 0 Å². The number of halogens is 1. The Balaban J connectivity index is 2.57. The Labute approximate surface area is 109 Å². The molecule has 100 valence electrons. The van der Waals surface area contributed by atoms with Gasteiger partial charge in [0.2, 0.25) is 0 Å². The summed E-state index contributed by atoms with van der Waals surface area (Å²) in [6, 6.07) is 5.86. The Kier molecular flexibility index (Phi) is 3.64. The lowest BCUT2D eigenvalue weighted by atomic mass is 10.2. The molecule has 0 fully saturated rings. The molecule has 0 aliphatic heterocycles. The van der Waals surface area contributed by atoms with Gasteiger partial charge in [0, 0.05) is 18.9 Å². The zero-order valence-electron chi connectivity index (χ0n) is 10.8. The van der Waals surface area contributed by atoms with Crippen LogP contribution in [0.25, 0.3) is 5.69 Å². The number of nitrogens with zero attached hydrogens (tertiary/aromatic N) is 2. The van der Waals surface area contributed by atoms with Gasteiger partial charge in [0.25, 0.3) is 0 Å². The van der Waals surface area contributed by atoms with Crippen molar-refractivity contribution in [1.82, 2.24) is 9.13 Å². The highest BCUT2D eigenvalue weighted by Crippen LogP contribution is 2.09. The van der Waals surface area contributed by atoms with Gasteiger partial charge in [-0.3, -0.25) is 14.2 Å². The smallest absolute Gasteiger partial charge is 0.309 e. The Bertz CT molecular complexity index is 701. The molecule has 1 heterocycles. The summed E-state index contributed by atoms with van der Waals surface area (Å²) >= 11 is 0. The van der Waals surface area contributed by atoms with Crippen LogP contribution in [-0.2, 0) is 6.54 Å². The number of hydrogen-bond acceptors (Lipinski definition) is 2. The molecule has 0 saturated heterocycles. The molecule has 2 rings (SSSR count). The molecule has 0 unspecified atom stereocenters. The molecule has 1 aromatic carbocycles. The minimum Gasteiger partial charge on any atom is -0.309 e. The van der Waals surface area contributed by atoms with Gasteiger partial charge in [-0.25, -0.2) is 4.39 Å². The standard InChI is InChI=1S/C14H15FN2O2/c1-10(2)9-16-7-8-17(14(19)13(16)18)12-6-4-3-5-11(12)15/h3-8,10H,9H2,1-2H3. The van der Waals surface area contributed by atoms with Crippen molar-refractivity contribution >= 4 is 0 Å². The van der Waals surface area contributed by atoms with Gasteiger partial charge in [0.05, 0.1) is 5.69 Å². The van der Waals surface area contributed by atoms with Crippen LogP contribution < -0.4 is 11.1 Å². The SMILES string of the molecule is CC(C)Cn1ccn(-c2ccccc2F)c(=O)c1=O.